The number of nitrogens with one attached hydrogen (secondary N) is 4. The molecule has 3 rings (SSSR count). The highest BCUT2D eigenvalue weighted by Crippen LogP contribution is 2.19. The third kappa shape index (κ3) is 8.29. The quantitative estimate of drug-likeness (QED) is 0.255. The smallest absolute Gasteiger partial charge is 0.407 e. The minimum absolute atomic E-state index is 0. The highest BCUT2D eigenvalue weighted by atomic mass is 127. The van der Waals surface area contributed by atoms with Crippen LogP contribution < -0.4 is 16.0 Å². The van der Waals surface area contributed by atoms with E-state index in [1.165, 1.54) is 6.33 Å². The summed E-state index contributed by atoms with van der Waals surface area (Å²) in [6, 6.07) is 8.62. The highest BCUT2D eigenvalue weighted by molar-refractivity contribution is 14.0. The molecule has 0 unspecified atom stereocenters. The number of aromatic amines is 1. The lowest BCUT2D eigenvalue weighted by atomic mass is 9.91. The van der Waals surface area contributed by atoms with Crippen LogP contribution in [0.5, 0.6) is 0 Å². The molecule has 0 saturated heterocycles. The molecule has 1 heterocycles. The average Bonchev–Trinajstić information content (AvgIpc) is 3.26. The van der Waals surface area contributed by atoms with Crippen molar-refractivity contribution in [3.63, 3.8) is 0 Å². The number of guanidine groups is 1. The van der Waals surface area contributed by atoms with Crippen LogP contribution in [-0.4, -0.2) is 52.0 Å². The lowest BCUT2D eigenvalue weighted by Crippen LogP contribution is -2.47. The van der Waals surface area contributed by atoms with Gasteiger partial charge in [-0.25, -0.2) is 9.78 Å². The summed E-state index contributed by atoms with van der Waals surface area (Å²) in [6.07, 6.45) is 4.91. The van der Waals surface area contributed by atoms with Gasteiger partial charge in [-0.3, -0.25) is 10.1 Å². The Hall–Kier alpha value is -2.37. The zero-order valence-corrected chi connectivity index (χ0v) is 21.5. The minimum Gasteiger partial charge on any atom is -0.444 e. The molecule has 1 saturated carbocycles. The van der Waals surface area contributed by atoms with Crippen molar-refractivity contribution in [1.29, 1.82) is 0 Å². The fourth-order valence-corrected chi connectivity index (χ4v) is 3.60. The zero-order valence-electron chi connectivity index (χ0n) is 19.1. The lowest BCUT2D eigenvalue weighted by molar-refractivity contribution is 0.0490. The van der Waals surface area contributed by atoms with Crippen molar-refractivity contribution in [3.05, 3.63) is 36.2 Å². The van der Waals surface area contributed by atoms with Crippen LogP contribution in [0.2, 0.25) is 0 Å². The molecule has 0 radical (unpaired) electrons. The van der Waals surface area contributed by atoms with Gasteiger partial charge in [-0.1, -0.05) is 18.2 Å². The molecule has 2 aromatic rings. The Kier molecular flexibility index (Phi) is 9.73. The predicted molar refractivity (Wildman–Crippen MR) is 136 cm³/mol. The van der Waals surface area contributed by atoms with E-state index in [0.717, 1.165) is 48.6 Å². The molecule has 1 aromatic carbocycles. The minimum atomic E-state index is -0.477. The van der Waals surface area contributed by atoms with Gasteiger partial charge in [0, 0.05) is 31.2 Å². The van der Waals surface area contributed by atoms with Crippen molar-refractivity contribution in [3.8, 4) is 11.4 Å². The molecule has 10 heteroatoms. The summed E-state index contributed by atoms with van der Waals surface area (Å²) in [5, 5.41) is 16.6. The summed E-state index contributed by atoms with van der Waals surface area (Å²) in [7, 11) is 1.77. The van der Waals surface area contributed by atoms with Gasteiger partial charge in [0.05, 0.1) is 0 Å². The monoisotopic (exact) mass is 555 g/mol. The average molecular weight is 555 g/mol. The summed E-state index contributed by atoms with van der Waals surface area (Å²) in [5.74, 6) is 1.52. The number of rotatable bonds is 5. The van der Waals surface area contributed by atoms with E-state index in [1.807, 2.05) is 32.9 Å². The maximum absolute atomic E-state index is 12.0. The number of halogens is 1. The first kappa shape index (κ1) is 25.9. The van der Waals surface area contributed by atoms with E-state index >= 15 is 0 Å². The Morgan fingerprint density at radius 1 is 1.19 bits per heavy atom. The van der Waals surface area contributed by atoms with Gasteiger partial charge in [-0.05, 0) is 58.1 Å². The maximum Gasteiger partial charge on any atom is 0.407 e. The number of aromatic nitrogens is 3. The third-order valence-electron chi connectivity index (χ3n) is 5.09. The molecular formula is C22H34IN7O2. The van der Waals surface area contributed by atoms with E-state index in [9.17, 15) is 4.79 Å². The second-order valence-electron chi connectivity index (χ2n) is 8.80. The second-order valence-corrected chi connectivity index (χ2v) is 8.80. The highest BCUT2D eigenvalue weighted by Gasteiger charge is 2.25. The van der Waals surface area contributed by atoms with Crippen LogP contribution in [0, 0.1) is 0 Å². The number of amides is 1. The summed E-state index contributed by atoms with van der Waals surface area (Å²) in [6.45, 7) is 6.26. The van der Waals surface area contributed by atoms with Crippen molar-refractivity contribution in [1.82, 2.24) is 31.1 Å². The number of alkyl carbamates (subject to hydrolysis) is 1. The summed E-state index contributed by atoms with van der Waals surface area (Å²) in [4.78, 5) is 20.5. The van der Waals surface area contributed by atoms with Crippen molar-refractivity contribution in [2.75, 3.05) is 7.05 Å². The predicted octanol–water partition coefficient (Wildman–Crippen LogP) is 3.59. The van der Waals surface area contributed by atoms with E-state index in [0.29, 0.717) is 12.6 Å². The molecule has 9 nitrogen and oxygen atoms in total. The number of carbonyl (C=O) groups is 1. The van der Waals surface area contributed by atoms with Crippen molar-refractivity contribution in [2.45, 2.75) is 70.7 Å². The number of carbonyl (C=O) groups excluding carboxylic acids is 1. The SMILES string of the molecule is CN=C(NCc1cccc(-c2ncn[nH]2)c1)NC1CCC(NC(=O)OC(C)(C)C)CC1.I. The van der Waals surface area contributed by atoms with Gasteiger partial charge >= 0.3 is 6.09 Å². The molecule has 1 aromatic heterocycles. The Balaban J connectivity index is 0.00000363. The Bertz CT molecular complexity index is 873. The van der Waals surface area contributed by atoms with Gasteiger partial charge in [-0.2, -0.15) is 5.10 Å². The Morgan fingerprint density at radius 2 is 1.88 bits per heavy atom. The number of aliphatic imine (C=N–C) groups is 1. The molecule has 0 spiro atoms. The summed E-state index contributed by atoms with van der Waals surface area (Å²) in [5.41, 5.74) is 1.65. The molecule has 0 bridgehead atoms. The van der Waals surface area contributed by atoms with Crippen LogP contribution >= 0.6 is 24.0 Å². The first-order chi connectivity index (χ1) is 14.8. The molecule has 176 valence electrons. The van der Waals surface area contributed by atoms with Gasteiger partial charge in [0.2, 0.25) is 0 Å². The van der Waals surface area contributed by atoms with E-state index < -0.39 is 5.60 Å². The first-order valence-electron chi connectivity index (χ1n) is 10.7. The fourth-order valence-electron chi connectivity index (χ4n) is 3.60. The number of benzene rings is 1. The van der Waals surface area contributed by atoms with Gasteiger partial charge in [-0.15, -0.1) is 24.0 Å². The maximum atomic E-state index is 12.0. The number of nitrogens with zero attached hydrogens (tertiary/aromatic N) is 3. The third-order valence-corrected chi connectivity index (χ3v) is 5.09. The van der Waals surface area contributed by atoms with Crippen LogP contribution in [-0.2, 0) is 11.3 Å². The number of H-pyrrole nitrogens is 1. The fraction of sp³-hybridized carbons (Fsp3) is 0.545. The summed E-state index contributed by atoms with van der Waals surface area (Å²) >= 11 is 0. The molecule has 0 atom stereocenters. The number of ether oxygens (including phenoxy) is 1. The van der Waals surface area contributed by atoms with E-state index in [-0.39, 0.29) is 36.1 Å². The van der Waals surface area contributed by atoms with E-state index in [4.69, 9.17) is 4.74 Å². The molecule has 4 N–H and O–H groups in total. The van der Waals surface area contributed by atoms with Crippen molar-refractivity contribution >= 4 is 36.0 Å². The molecule has 1 fully saturated rings. The lowest BCUT2D eigenvalue weighted by Gasteiger charge is -2.31. The topological polar surface area (TPSA) is 116 Å². The molecular weight excluding hydrogens is 521 g/mol. The normalized spacial score (nSPS) is 18.9. The van der Waals surface area contributed by atoms with Crippen molar-refractivity contribution < 1.29 is 9.53 Å². The van der Waals surface area contributed by atoms with E-state index in [1.54, 1.807) is 7.05 Å². The molecule has 1 amide bonds. The van der Waals surface area contributed by atoms with Crippen LogP contribution in [0.3, 0.4) is 0 Å². The first-order valence-corrected chi connectivity index (χ1v) is 10.7. The van der Waals surface area contributed by atoms with Gasteiger partial charge in [0.1, 0.15) is 11.9 Å². The van der Waals surface area contributed by atoms with Crippen LogP contribution in [0.15, 0.2) is 35.6 Å². The molecule has 0 aliphatic heterocycles. The van der Waals surface area contributed by atoms with Crippen LogP contribution in [0.25, 0.3) is 11.4 Å². The molecule has 1 aliphatic carbocycles. The zero-order chi connectivity index (χ0) is 22.3. The Morgan fingerprint density at radius 3 is 2.47 bits per heavy atom. The largest absolute Gasteiger partial charge is 0.444 e. The second kappa shape index (κ2) is 12.0. The standard InChI is InChI=1S/C22H33N7O2.HI/c1-22(2,3)31-21(30)28-18-10-8-17(9-11-18)27-20(23-4)24-13-15-6-5-7-16(12-15)19-25-14-26-29-19;/h5-7,12,14,17-18H,8-11,13H2,1-4H3,(H,28,30)(H2,23,24,27)(H,25,26,29);1H. The van der Waals surface area contributed by atoms with Gasteiger partial charge in [0.15, 0.2) is 11.8 Å². The number of hydrogen-bond donors (Lipinski definition) is 4. The summed E-state index contributed by atoms with van der Waals surface area (Å²) < 4.78 is 5.35. The Labute approximate surface area is 206 Å². The van der Waals surface area contributed by atoms with Gasteiger partial charge in [0.25, 0.3) is 0 Å². The van der Waals surface area contributed by atoms with Gasteiger partial charge < -0.3 is 20.7 Å². The molecule has 32 heavy (non-hydrogen) atoms. The number of hydrogen-bond acceptors (Lipinski definition) is 5. The van der Waals surface area contributed by atoms with Crippen LogP contribution in [0.4, 0.5) is 4.79 Å². The molecule has 1 aliphatic rings. The van der Waals surface area contributed by atoms with Crippen LogP contribution in [0.1, 0.15) is 52.0 Å². The van der Waals surface area contributed by atoms with Crippen molar-refractivity contribution in [2.24, 2.45) is 4.99 Å². The van der Waals surface area contributed by atoms with E-state index in [2.05, 4.69) is 48.3 Å².